The average Bonchev–Trinajstić information content (AvgIpc) is 2.66. The molecule has 1 atom stereocenters. The average molecular weight is 366 g/mol. The van der Waals surface area contributed by atoms with E-state index in [1.807, 2.05) is 30.3 Å². The second-order valence-electron chi connectivity index (χ2n) is 6.98. The fraction of sp³-hybridized carbons (Fsp3) is 0.391. The molecule has 27 heavy (non-hydrogen) atoms. The summed E-state index contributed by atoms with van der Waals surface area (Å²) in [6.07, 6.45) is 5.38. The molecule has 1 unspecified atom stereocenters. The Kier molecular flexibility index (Phi) is 7.59. The first-order valence-electron chi connectivity index (χ1n) is 9.59. The lowest BCUT2D eigenvalue weighted by atomic mass is 9.85. The van der Waals surface area contributed by atoms with Crippen molar-refractivity contribution < 1.29 is 19.8 Å². The number of carbonyl (C=O) groups is 2. The van der Waals surface area contributed by atoms with Crippen LogP contribution in [0.1, 0.15) is 76.9 Å². The molecule has 0 aromatic heterocycles. The fourth-order valence-corrected chi connectivity index (χ4v) is 3.54. The number of carboxylic acid groups (broad SMARTS) is 2. The van der Waals surface area contributed by atoms with Crippen molar-refractivity contribution in [3.8, 4) is 0 Å². The van der Waals surface area contributed by atoms with E-state index in [-0.39, 0.29) is 11.1 Å². The molecule has 0 bridgehead atoms. The van der Waals surface area contributed by atoms with Gasteiger partial charge in [-0.15, -0.1) is 0 Å². The van der Waals surface area contributed by atoms with Gasteiger partial charge in [-0.3, -0.25) is 0 Å². The second kappa shape index (κ2) is 9.91. The molecule has 0 aliphatic rings. The maximum atomic E-state index is 11.8. The van der Waals surface area contributed by atoms with Crippen LogP contribution in [0.5, 0.6) is 0 Å². The van der Waals surface area contributed by atoms with Crippen molar-refractivity contribution in [2.45, 2.75) is 52.4 Å². The van der Waals surface area contributed by atoms with E-state index in [9.17, 15) is 19.8 Å². The number of benzene rings is 2. The fourth-order valence-electron chi connectivity index (χ4n) is 3.54. The van der Waals surface area contributed by atoms with Crippen molar-refractivity contribution in [2.24, 2.45) is 5.92 Å². The molecule has 4 heteroatoms. The summed E-state index contributed by atoms with van der Waals surface area (Å²) in [7, 11) is 0. The lowest BCUT2D eigenvalue weighted by Gasteiger charge is -2.23. The van der Waals surface area contributed by atoms with Crippen LogP contribution in [0, 0.1) is 5.92 Å². The van der Waals surface area contributed by atoms with Crippen LogP contribution in [-0.4, -0.2) is 11.9 Å². The third-order valence-corrected chi connectivity index (χ3v) is 5.11. The molecule has 0 radical (unpaired) electrons. The van der Waals surface area contributed by atoms with Crippen molar-refractivity contribution in [3.05, 3.63) is 70.3 Å². The third-order valence-electron chi connectivity index (χ3n) is 5.11. The predicted molar refractivity (Wildman–Crippen MR) is 101 cm³/mol. The molecule has 0 fully saturated rings. The number of rotatable bonds is 10. The molecule has 0 aliphatic heterocycles. The number of hydrogen-bond donors (Lipinski definition) is 0. The normalized spacial score (nSPS) is 11.9. The quantitative estimate of drug-likeness (QED) is 0.647. The summed E-state index contributed by atoms with van der Waals surface area (Å²) >= 11 is 0. The highest BCUT2D eigenvalue weighted by Gasteiger charge is 2.18. The minimum Gasteiger partial charge on any atom is -0.545 e. The standard InChI is InChI=1S/C23H28O4/c1-3-5-9-16(4-2)14-18-12-13-19(22(24)25)21(23(26)27)20(18)15-17-10-7-6-8-11-17/h6-8,10-13,16H,3-5,9,14-15H2,1-2H3,(H,24,25)(H,26,27)/p-2. The van der Waals surface area contributed by atoms with Gasteiger partial charge in [0.25, 0.3) is 0 Å². The molecule has 0 saturated heterocycles. The summed E-state index contributed by atoms with van der Waals surface area (Å²) in [5.74, 6) is -2.53. The van der Waals surface area contributed by atoms with Gasteiger partial charge in [0.2, 0.25) is 0 Å². The lowest BCUT2D eigenvalue weighted by Crippen LogP contribution is -2.32. The third kappa shape index (κ3) is 5.43. The van der Waals surface area contributed by atoms with Gasteiger partial charge in [-0.1, -0.05) is 82.0 Å². The number of carbonyl (C=O) groups excluding carboxylic acids is 2. The Morgan fingerprint density at radius 3 is 2.22 bits per heavy atom. The highest BCUT2D eigenvalue weighted by atomic mass is 16.4. The van der Waals surface area contributed by atoms with E-state index in [1.165, 1.54) is 6.07 Å². The Labute approximate surface area is 160 Å². The predicted octanol–water partition coefficient (Wildman–Crippen LogP) is 2.76. The van der Waals surface area contributed by atoms with Gasteiger partial charge < -0.3 is 19.8 Å². The van der Waals surface area contributed by atoms with Crippen LogP contribution >= 0.6 is 0 Å². The molecule has 0 saturated carbocycles. The van der Waals surface area contributed by atoms with Crippen LogP contribution in [0.15, 0.2) is 42.5 Å². The minimum absolute atomic E-state index is 0.248. The first-order chi connectivity index (χ1) is 13.0. The smallest absolute Gasteiger partial charge is 0.0724 e. The van der Waals surface area contributed by atoms with Gasteiger partial charge in [0.15, 0.2) is 0 Å². The van der Waals surface area contributed by atoms with E-state index in [0.29, 0.717) is 17.9 Å². The summed E-state index contributed by atoms with van der Waals surface area (Å²) in [5, 5.41) is 23.3. The molecule has 2 aromatic rings. The van der Waals surface area contributed by atoms with E-state index in [4.69, 9.17) is 0 Å². The Bertz CT molecular complexity index is 780. The molecule has 2 rings (SSSR count). The topological polar surface area (TPSA) is 80.3 Å². The van der Waals surface area contributed by atoms with Gasteiger partial charge in [-0.25, -0.2) is 0 Å². The van der Waals surface area contributed by atoms with Crippen LogP contribution < -0.4 is 10.2 Å². The Morgan fingerprint density at radius 2 is 1.67 bits per heavy atom. The monoisotopic (exact) mass is 366 g/mol. The molecule has 144 valence electrons. The Balaban J connectivity index is 2.52. The van der Waals surface area contributed by atoms with Gasteiger partial charge >= 0.3 is 0 Å². The molecule has 2 aromatic carbocycles. The van der Waals surface area contributed by atoms with Crippen molar-refractivity contribution in [1.29, 1.82) is 0 Å². The molecule has 4 nitrogen and oxygen atoms in total. The Hall–Kier alpha value is -2.62. The van der Waals surface area contributed by atoms with Gasteiger partial charge in [0.1, 0.15) is 0 Å². The van der Waals surface area contributed by atoms with Gasteiger partial charge in [0.05, 0.1) is 11.9 Å². The van der Waals surface area contributed by atoms with Crippen LogP contribution in [0.3, 0.4) is 0 Å². The van der Waals surface area contributed by atoms with Crippen molar-refractivity contribution >= 4 is 11.9 Å². The summed E-state index contributed by atoms with van der Waals surface area (Å²) < 4.78 is 0. The zero-order valence-electron chi connectivity index (χ0n) is 16.0. The maximum absolute atomic E-state index is 11.8. The zero-order valence-corrected chi connectivity index (χ0v) is 16.0. The molecular weight excluding hydrogens is 340 g/mol. The molecule has 0 spiro atoms. The first-order valence-corrected chi connectivity index (χ1v) is 9.59. The van der Waals surface area contributed by atoms with Crippen LogP contribution in [0.2, 0.25) is 0 Å². The van der Waals surface area contributed by atoms with E-state index >= 15 is 0 Å². The van der Waals surface area contributed by atoms with E-state index < -0.39 is 11.9 Å². The van der Waals surface area contributed by atoms with Crippen LogP contribution in [-0.2, 0) is 12.8 Å². The number of aromatic carboxylic acids is 2. The van der Waals surface area contributed by atoms with Gasteiger partial charge in [-0.05, 0) is 35.4 Å². The van der Waals surface area contributed by atoms with Crippen LogP contribution in [0.25, 0.3) is 0 Å². The van der Waals surface area contributed by atoms with Crippen molar-refractivity contribution in [3.63, 3.8) is 0 Å². The minimum atomic E-state index is -1.49. The molecule has 0 heterocycles. The number of hydrogen-bond acceptors (Lipinski definition) is 4. The molecule has 0 N–H and O–H groups in total. The molecule has 0 amide bonds. The molecular formula is C23H26O4-2. The van der Waals surface area contributed by atoms with Crippen molar-refractivity contribution in [1.82, 2.24) is 0 Å². The summed E-state index contributed by atoms with van der Waals surface area (Å²) in [4.78, 5) is 23.3. The summed E-state index contributed by atoms with van der Waals surface area (Å²) in [5.41, 5.74) is 1.77. The zero-order chi connectivity index (χ0) is 19.8. The SMILES string of the molecule is CCCCC(CC)Cc1ccc(C(=O)[O-])c(C(=O)[O-])c1Cc1ccccc1. The number of unbranched alkanes of at least 4 members (excludes halogenated alkanes) is 1. The van der Waals surface area contributed by atoms with Gasteiger partial charge in [0, 0.05) is 11.1 Å². The van der Waals surface area contributed by atoms with E-state index in [1.54, 1.807) is 6.07 Å². The van der Waals surface area contributed by atoms with E-state index in [2.05, 4.69) is 13.8 Å². The largest absolute Gasteiger partial charge is 0.545 e. The van der Waals surface area contributed by atoms with Gasteiger partial charge in [-0.2, -0.15) is 0 Å². The highest BCUT2D eigenvalue weighted by Crippen LogP contribution is 2.27. The highest BCUT2D eigenvalue weighted by molar-refractivity contribution is 6.01. The van der Waals surface area contributed by atoms with Crippen LogP contribution in [0.4, 0.5) is 0 Å². The maximum Gasteiger partial charge on any atom is 0.0724 e. The Morgan fingerprint density at radius 1 is 0.963 bits per heavy atom. The first kappa shape index (κ1) is 20.7. The number of carboxylic acids is 2. The van der Waals surface area contributed by atoms with E-state index in [0.717, 1.165) is 43.2 Å². The lowest BCUT2D eigenvalue weighted by molar-refractivity contribution is -0.259. The summed E-state index contributed by atoms with van der Waals surface area (Å²) in [6, 6.07) is 12.5. The molecule has 0 aliphatic carbocycles. The summed E-state index contributed by atoms with van der Waals surface area (Å²) in [6.45, 7) is 4.28. The second-order valence-corrected chi connectivity index (χ2v) is 6.98. The van der Waals surface area contributed by atoms with Crippen molar-refractivity contribution in [2.75, 3.05) is 0 Å².